The van der Waals surface area contributed by atoms with Crippen molar-refractivity contribution in [2.45, 2.75) is 6.92 Å². The summed E-state index contributed by atoms with van der Waals surface area (Å²) >= 11 is 0. The minimum absolute atomic E-state index is 0.0157. The molecule has 5 heteroatoms. The van der Waals surface area contributed by atoms with E-state index in [1.807, 2.05) is 0 Å². The van der Waals surface area contributed by atoms with E-state index in [4.69, 9.17) is 5.11 Å². The lowest BCUT2D eigenvalue weighted by Gasteiger charge is -1.95. The van der Waals surface area contributed by atoms with Crippen LogP contribution >= 0.6 is 0 Å². The van der Waals surface area contributed by atoms with Crippen LogP contribution in [0.25, 0.3) is 10.9 Å². The maximum absolute atomic E-state index is 13.0. The summed E-state index contributed by atoms with van der Waals surface area (Å²) in [5, 5.41) is 9.20. The minimum Gasteiger partial charge on any atom is -0.477 e. The van der Waals surface area contributed by atoms with E-state index in [0.717, 1.165) is 6.07 Å². The number of fused-ring (bicyclic) bond motifs is 1. The number of aromatic nitrogens is 1. The average Bonchev–Trinajstić information content (AvgIpc) is 2.55. The van der Waals surface area contributed by atoms with Gasteiger partial charge in [-0.25, -0.2) is 9.18 Å². The Morgan fingerprint density at radius 3 is 2.62 bits per heavy atom. The molecule has 0 fully saturated rings. The molecule has 0 spiro atoms. The van der Waals surface area contributed by atoms with Crippen LogP contribution in [0.15, 0.2) is 18.2 Å². The van der Waals surface area contributed by atoms with Crippen molar-refractivity contribution in [3.63, 3.8) is 0 Å². The van der Waals surface area contributed by atoms with Crippen LogP contribution in [0.2, 0.25) is 0 Å². The topological polar surface area (TPSA) is 70.2 Å². The summed E-state index contributed by atoms with van der Waals surface area (Å²) in [6, 6.07) is 3.76. The van der Waals surface area contributed by atoms with Gasteiger partial charge in [-0.3, -0.25) is 4.79 Å². The SMILES string of the molecule is CC(=O)c1c(C(=O)O)[nH]c2ccc(F)cc12. The fourth-order valence-electron chi connectivity index (χ4n) is 1.69. The summed E-state index contributed by atoms with van der Waals surface area (Å²) in [6.07, 6.45) is 0. The van der Waals surface area contributed by atoms with Crippen molar-refractivity contribution in [1.29, 1.82) is 0 Å². The molecule has 2 aromatic rings. The lowest BCUT2D eigenvalue weighted by Crippen LogP contribution is -2.04. The number of Topliss-reactive ketones (excluding diaryl/α,β-unsaturated/α-hetero) is 1. The average molecular weight is 221 g/mol. The van der Waals surface area contributed by atoms with Crippen molar-refractivity contribution in [2.75, 3.05) is 0 Å². The number of halogens is 1. The second-order valence-electron chi connectivity index (χ2n) is 3.43. The Bertz CT molecular complexity index is 601. The standard InChI is InChI=1S/C11H8FNO3/c1-5(14)9-7-4-6(12)2-3-8(7)13-10(9)11(15)16/h2-4,13H,1H3,(H,15,16). The Morgan fingerprint density at radius 2 is 2.06 bits per heavy atom. The van der Waals surface area contributed by atoms with Crippen LogP contribution in [0.3, 0.4) is 0 Å². The summed E-state index contributed by atoms with van der Waals surface area (Å²) in [5.74, 6) is -2.15. The number of carbonyl (C=O) groups excluding carboxylic acids is 1. The van der Waals surface area contributed by atoms with E-state index in [2.05, 4.69) is 4.98 Å². The van der Waals surface area contributed by atoms with Crippen LogP contribution < -0.4 is 0 Å². The molecule has 0 saturated heterocycles. The quantitative estimate of drug-likeness (QED) is 0.764. The zero-order valence-electron chi connectivity index (χ0n) is 8.37. The molecule has 1 heterocycles. The monoisotopic (exact) mass is 221 g/mol. The molecule has 0 aliphatic rings. The summed E-state index contributed by atoms with van der Waals surface area (Å²) in [7, 11) is 0. The zero-order valence-corrected chi connectivity index (χ0v) is 8.37. The van der Waals surface area contributed by atoms with Crippen molar-refractivity contribution in [1.82, 2.24) is 4.98 Å². The predicted octanol–water partition coefficient (Wildman–Crippen LogP) is 2.21. The van der Waals surface area contributed by atoms with E-state index in [9.17, 15) is 14.0 Å². The smallest absolute Gasteiger partial charge is 0.353 e. The maximum atomic E-state index is 13.0. The first-order valence-electron chi connectivity index (χ1n) is 4.56. The number of aromatic amines is 1. The summed E-state index contributed by atoms with van der Waals surface area (Å²) in [5.41, 5.74) is 0.249. The van der Waals surface area contributed by atoms with Crippen LogP contribution in [0, 0.1) is 5.82 Å². The van der Waals surface area contributed by atoms with E-state index >= 15 is 0 Å². The number of aromatic carboxylic acids is 1. The van der Waals surface area contributed by atoms with Crippen molar-refractivity contribution in [3.05, 3.63) is 35.3 Å². The highest BCUT2D eigenvalue weighted by Gasteiger charge is 2.20. The number of benzene rings is 1. The first-order valence-corrected chi connectivity index (χ1v) is 4.56. The Kier molecular flexibility index (Phi) is 2.23. The van der Waals surface area contributed by atoms with Gasteiger partial charge in [0.1, 0.15) is 11.5 Å². The normalized spacial score (nSPS) is 10.6. The van der Waals surface area contributed by atoms with Gasteiger partial charge in [0.05, 0.1) is 5.56 Å². The predicted molar refractivity (Wildman–Crippen MR) is 55.2 cm³/mol. The van der Waals surface area contributed by atoms with Gasteiger partial charge in [-0.2, -0.15) is 0 Å². The first kappa shape index (κ1) is 10.4. The Balaban J connectivity index is 2.88. The second kappa shape index (κ2) is 3.44. The fourth-order valence-corrected chi connectivity index (χ4v) is 1.69. The Hall–Kier alpha value is -2.17. The molecule has 0 saturated carbocycles. The van der Waals surface area contributed by atoms with E-state index in [-0.39, 0.29) is 11.3 Å². The van der Waals surface area contributed by atoms with Gasteiger partial charge in [-0.1, -0.05) is 0 Å². The molecule has 0 atom stereocenters. The number of carboxylic acids is 1. The van der Waals surface area contributed by atoms with E-state index in [1.165, 1.54) is 19.1 Å². The molecular formula is C11H8FNO3. The number of nitrogens with one attached hydrogen (secondary N) is 1. The van der Waals surface area contributed by atoms with Crippen LogP contribution in [0.5, 0.6) is 0 Å². The van der Waals surface area contributed by atoms with Gasteiger partial charge in [-0.05, 0) is 25.1 Å². The molecule has 2 N–H and O–H groups in total. The van der Waals surface area contributed by atoms with Crippen LogP contribution in [0.1, 0.15) is 27.8 Å². The van der Waals surface area contributed by atoms with Crippen molar-refractivity contribution < 1.29 is 19.1 Å². The number of hydrogen-bond acceptors (Lipinski definition) is 2. The molecule has 0 unspecified atom stereocenters. The lowest BCUT2D eigenvalue weighted by atomic mass is 10.1. The van der Waals surface area contributed by atoms with Crippen molar-refractivity contribution in [3.8, 4) is 0 Å². The third-order valence-electron chi connectivity index (χ3n) is 2.33. The number of H-pyrrole nitrogens is 1. The second-order valence-corrected chi connectivity index (χ2v) is 3.43. The van der Waals surface area contributed by atoms with Gasteiger partial charge in [0.25, 0.3) is 0 Å². The van der Waals surface area contributed by atoms with Gasteiger partial charge < -0.3 is 10.1 Å². The number of rotatable bonds is 2. The highest BCUT2D eigenvalue weighted by Crippen LogP contribution is 2.23. The Morgan fingerprint density at radius 1 is 1.38 bits per heavy atom. The molecule has 4 nitrogen and oxygen atoms in total. The molecule has 2 rings (SSSR count). The molecular weight excluding hydrogens is 213 g/mol. The van der Waals surface area contributed by atoms with Gasteiger partial charge in [0.2, 0.25) is 0 Å². The molecule has 1 aromatic heterocycles. The van der Waals surface area contributed by atoms with Crippen LogP contribution in [0.4, 0.5) is 4.39 Å². The molecule has 0 bridgehead atoms. The van der Waals surface area contributed by atoms with E-state index < -0.39 is 17.6 Å². The van der Waals surface area contributed by atoms with E-state index in [1.54, 1.807) is 0 Å². The van der Waals surface area contributed by atoms with Crippen LogP contribution in [-0.4, -0.2) is 21.8 Å². The molecule has 82 valence electrons. The minimum atomic E-state index is -1.23. The third-order valence-corrected chi connectivity index (χ3v) is 2.33. The molecule has 0 amide bonds. The fraction of sp³-hybridized carbons (Fsp3) is 0.0909. The van der Waals surface area contributed by atoms with Crippen molar-refractivity contribution in [2.24, 2.45) is 0 Å². The highest BCUT2D eigenvalue weighted by molar-refractivity contribution is 6.14. The van der Waals surface area contributed by atoms with Gasteiger partial charge in [0, 0.05) is 10.9 Å². The molecule has 0 radical (unpaired) electrons. The first-order chi connectivity index (χ1) is 7.50. The molecule has 16 heavy (non-hydrogen) atoms. The summed E-state index contributed by atoms with van der Waals surface area (Å²) in [6.45, 7) is 1.25. The van der Waals surface area contributed by atoms with Gasteiger partial charge >= 0.3 is 5.97 Å². The van der Waals surface area contributed by atoms with E-state index in [0.29, 0.717) is 10.9 Å². The maximum Gasteiger partial charge on any atom is 0.353 e. The number of ketones is 1. The number of hydrogen-bond donors (Lipinski definition) is 2. The zero-order chi connectivity index (χ0) is 11.9. The van der Waals surface area contributed by atoms with Gasteiger partial charge in [-0.15, -0.1) is 0 Å². The van der Waals surface area contributed by atoms with Gasteiger partial charge in [0.15, 0.2) is 5.78 Å². The highest BCUT2D eigenvalue weighted by atomic mass is 19.1. The molecule has 0 aliphatic carbocycles. The Labute approximate surface area is 89.7 Å². The van der Waals surface area contributed by atoms with Crippen LogP contribution in [-0.2, 0) is 0 Å². The third kappa shape index (κ3) is 1.46. The lowest BCUT2D eigenvalue weighted by molar-refractivity contribution is 0.0687. The molecule has 0 aliphatic heterocycles. The number of carboxylic acid groups (broad SMARTS) is 1. The number of carbonyl (C=O) groups is 2. The largest absolute Gasteiger partial charge is 0.477 e. The van der Waals surface area contributed by atoms with Crippen molar-refractivity contribution >= 4 is 22.7 Å². The summed E-state index contributed by atoms with van der Waals surface area (Å²) in [4.78, 5) is 24.8. The summed E-state index contributed by atoms with van der Waals surface area (Å²) < 4.78 is 13.0. The molecule has 1 aromatic carbocycles.